The molecule has 0 saturated carbocycles. The van der Waals surface area contributed by atoms with E-state index in [0.29, 0.717) is 31.6 Å². The number of pyridine rings is 1. The zero-order valence-corrected chi connectivity index (χ0v) is 8.90. The highest BCUT2D eigenvalue weighted by Crippen LogP contribution is 2.32. The number of rotatable bonds is 3. The van der Waals surface area contributed by atoms with E-state index >= 15 is 0 Å². The van der Waals surface area contributed by atoms with Gasteiger partial charge in [-0.2, -0.15) is 0 Å². The van der Waals surface area contributed by atoms with Gasteiger partial charge in [0.05, 0.1) is 0 Å². The number of hydrogen-bond donors (Lipinski definition) is 1. The fourth-order valence-electron chi connectivity index (χ4n) is 1.63. The van der Waals surface area contributed by atoms with Gasteiger partial charge in [0.25, 0.3) is 5.88 Å². The van der Waals surface area contributed by atoms with Crippen LogP contribution in [0.25, 0.3) is 0 Å². The third kappa shape index (κ3) is 2.21. The molecule has 0 fully saturated rings. The third-order valence-electron chi connectivity index (χ3n) is 2.49. The Morgan fingerprint density at radius 1 is 1.47 bits per heavy atom. The number of nitrogens with zero attached hydrogens (tertiary/aromatic N) is 1. The molecule has 2 rings (SSSR count). The molecule has 0 radical (unpaired) electrons. The zero-order valence-electron chi connectivity index (χ0n) is 8.90. The molecule has 2 N–H and O–H groups in total. The van der Waals surface area contributed by atoms with E-state index in [0.717, 1.165) is 17.7 Å². The van der Waals surface area contributed by atoms with Crippen LogP contribution < -0.4 is 15.2 Å². The Labute approximate surface area is 89.4 Å². The van der Waals surface area contributed by atoms with Crippen LogP contribution in [0.1, 0.15) is 12.5 Å². The Morgan fingerprint density at radius 3 is 3.07 bits per heavy atom. The molecule has 0 aromatic carbocycles. The largest absolute Gasteiger partial charge is 0.484 e. The van der Waals surface area contributed by atoms with Gasteiger partial charge < -0.3 is 15.2 Å². The quantitative estimate of drug-likeness (QED) is 0.804. The second kappa shape index (κ2) is 4.49. The van der Waals surface area contributed by atoms with E-state index in [1.165, 1.54) is 0 Å². The summed E-state index contributed by atoms with van der Waals surface area (Å²) in [6.07, 6.45) is 2.66. The molecular formula is C11H16N2O2. The molecule has 1 aromatic heterocycles. The van der Waals surface area contributed by atoms with Crippen molar-refractivity contribution in [3.05, 3.63) is 17.8 Å². The van der Waals surface area contributed by atoms with Crippen LogP contribution in [0.4, 0.5) is 0 Å². The van der Waals surface area contributed by atoms with Crippen molar-refractivity contribution in [2.45, 2.75) is 13.3 Å². The van der Waals surface area contributed by atoms with Gasteiger partial charge in [-0.15, -0.1) is 0 Å². The lowest BCUT2D eigenvalue weighted by Crippen LogP contribution is -2.19. The first-order chi connectivity index (χ1) is 7.31. The van der Waals surface area contributed by atoms with Crippen molar-refractivity contribution < 1.29 is 9.47 Å². The molecular weight excluding hydrogens is 192 g/mol. The highest BCUT2D eigenvalue weighted by Gasteiger charge is 2.17. The summed E-state index contributed by atoms with van der Waals surface area (Å²) >= 11 is 0. The SMILES string of the molecule is C[C@H](CN)Cc1ccnc2c1OCCO2. The van der Waals surface area contributed by atoms with E-state index in [4.69, 9.17) is 15.2 Å². The minimum Gasteiger partial charge on any atom is -0.484 e. The predicted molar refractivity (Wildman–Crippen MR) is 57.1 cm³/mol. The molecule has 0 unspecified atom stereocenters. The molecule has 0 aliphatic carbocycles. The maximum atomic E-state index is 5.61. The van der Waals surface area contributed by atoms with Gasteiger partial charge in [0.15, 0.2) is 5.75 Å². The molecule has 1 atom stereocenters. The van der Waals surface area contributed by atoms with Crippen LogP contribution in [-0.4, -0.2) is 24.7 Å². The average Bonchev–Trinajstić information content (AvgIpc) is 2.29. The normalized spacial score (nSPS) is 16.1. The van der Waals surface area contributed by atoms with Crippen LogP contribution in [0.2, 0.25) is 0 Å². The topological polar surface area (TPSA) is 57.4 Å². The van der Waals surface area contributed by atoms with Gasteiger partial charge in [-0.3, -0.25) is 0 Å². The first-order valence-corrected chi connectivity index (χ1v) is 5.25. The number of ether oxygens (including phenoxy) is 2. The average molecular weight is 208 g/mol. The van der Waals surface area contributed by atoms with Gasteiger partial charge in [-0.25, -0.2) is 4.98 Å². The predicted octanol–water partition coefficient (Wildman–Crippen LogP) is 0.990. The highest BCUT2D eigenvalue weighted by atomic mass is 16.6. The van der Waals surface area contributed by atoms with Crippen molar-refractivity contribution in [2.75, 3.05) is 19.8 Å². The van der Waals surface area contributed by atoms with E-state index in [9.17, 15) is 0 Å². The maximum Gasteiger partial charge on any atom is 0.257 e. The summed E-state index contributed by atoms with van der Waals surface area (Å²) < 4.78 is 11.0. The Hall–Kier alpha value is -1.29. The van der Waals surface area contributed by atoms with Crippen molar-refractivity contribution in [3.63, 3.8) is 0 Å². The second-order valence-corrected chi connectivity index (χ2v) is 3.85. The van der Waals surface area contributed by atoms with Crippen LogP contribution in [0.15, 0.2) is 12.3 Å². The molecule has 1 aliphatic heterocycles. The first-order valence-electron chi connectivity index (χ1n) is 5.25. The molecule has 0 spiro atoms. The van der Waals surface area contributed by atoms with Crippen molar-refractivity contribution in [1.29, 1.82) is 0 Å². The summed E-state index contributed by atoms with van der Waals surface area (Å²) in [5.74, 6) is 1.86. The number of aromatic nitrogens is 1. The molecule has 0 amide bonds. The molecule has 4 heteroatoms. The van der Waals surface area contributed by atoms with E-state index < -0.39 is 0 Å². The fourth-order valence-corrected chi connectivity index (χ4v) is 1.63. The lowest BCUT2D eigenvalue weighted by molar-refractivity contribution is 0.162. The maximum absolute atomic E-state index is 5.61. The Balaban J connectivity index is 2.23. The van der Waals surface area contributed by atoms with Gasteiger partial charge in [0, 0.05) is 11.8 Å². The molecule has 4 nitrogen and oxygen atoms in total. The number of fused-ring (bicyclic) bond motifs is 1. The first kappa shape index (κ1) is 10.2. The molecule has 2 heterocycles. The highest BCUT2D eigenvalue weighted by molar-refractivity contribution is 5.42. The summed E-state index contributed by atoms with van der Waals surface area (Å²) in [6.45, 7) is 3.98. The minimum atomic E-state index is 0.446. The van der Waals surface area contributed by atoms with Crippen LogP contribution in [0.5, 0.6) is 11.6 Å². The summed E-state index contributed by atoms with van der Waals surface area (Å²) in [5.41, 5.74) is 6.74. The third-order valence-corrected chi connectivity index (χ3v) is 2.49. The number of hydrogen-bond acceptors (Lipinski definition) is 4. The molecule has 1 aromatic rings. The minimum absolute atomic E-state index is 0.446. The Kier molecular flexibility index (Phi) is 3.06. The smallest absolute Gasteiger partial charge is 0.257 e. The van der Waals surface area contributed by atoms with Gasteiger partial charge >= 0.3 is 0 Å². The molecule has 82 valence electrons. The Bertz CT molecular complexity index is 341. The van der Waals surface area contributed by atoms with Crippen LogP contribution in [-0.2, 0) is 6.42 Å². The summed E-state index contributed by atoms with van der Waals surface area (Å²) in [6, 6.07) is 1.97. The van der Waals surface area contributed by atoms with Gasteiger partial charge in [-0.05, 0) is 24.9 Å². The van der Waals surface area contributed by atoms with E-state index in [-0.39, 0.29) is 0 Å². The standard InChI is InChI=1S/C11H16N2O2/c1-8(7-12)6-9-2-3-13-11-10(9)14-4-5-15-11/h2-3,8H,4-7,12H2,1H3/t8-/m0/s1. The lowest BCUT2D eigenvalue weighted by Gasteiger charge is -2.20. The second-order valence-electron chi connectivity index (χ2n) is 3.85. The monoisotopic (exact) mass is 208 g/mol. The van der Waals surface area contributed by atoms with Crippen LogP contribution in [0, 0.1) is 5.92 Å². The molecule has 1 aliphatic rings. The van der Waals surface area contributed by atoms with Crippen molar-refractivity contribution >= 4 is 0 Å². The van der Waals surface area contributed by atoms with Gasteiger partial charge in [-0.1, -0.05) is 6.92 Å². The van der Waals surface area contributed by atoms with E-state index in [2.05, 4.69) is 11.9 Å². The summed E-state index contributed by atoms with van der Waals surface area (Å²) in [4.78, 5) is 4.13. The van der Waals surface area contributed by atoms with E-state index in [1.807, 2.05) is 6.07 Å². The molecule has 0 saturated heterocycles. The van der Waals surface area contributed by atoms with Crippen molar-refractivity contribution in [2.24, 2.45) is 11.7 Å². The van der Waals surface area contributed by atoms with Crippen molar-refractivity contribution in [1.82, 2.24) is 4.98 Å². The van der Waals surface area contributed by atoms with Crippen LogP contribution in [0.3, 0.4) is 0 Å². The van der Waals surface area contributed by atoms with Crippen molar-refractivity contribution in [3.8, 4) is 11.6 Å². The Morgan fingerprint density at radius 2 is 2.27 bits per heavy atom. The number of nitrogens with two attached hydrogens (primary N) is 1. The van der Waals surface area contributed by atoms with E-state index in [1.54, 1.807) is 6.20 Å². The summed E-state index contributed by atoms with van der Waals surface area (Å²) in [5, 5.41) is 0. The van der Waals surface area contributed by atoms with Gasteiger partial charge in [0.2, 0.25) is 0 Å². The van der Waals surface area contributed by atoms with Gasteiger partial charge in [0.1, 0.15) is 13.2 Å². The molecule has 15 heavy (non-hydrogen) atoms. The lowest BCUT2D eigenvalue weighted by atomic mass is 10.0. The van der Waals surface area contributed by atoms with Crippen LogP contribution >= 0.6 is 0 Å². The molecule has 0 bridgehead atoms. The summed E-state index contributed by atoms with van der Waals surface area (Å²) in [7, 11) is 0. The zero-order chi connectivity index (χ0) is 10.7. The fraction of sp³-hybridized carbons (Fsp3) is 0.545.